The Morgan fingerprint density at radius 3 is 2.76 bits per heavy atom. The number of hydrogen-bond donors (Lipinski definition) is 1. The average molecular weight is 283 g/mol. The van der Waals surface area contributed by atoms with E-state index >= 15 is 0 Å². The second kappa shape index (κ2) is 4.90. The Labute approximate surface area is 120 Å². The molecule has 6 heteroatoms. The van der Waals surface area contributed by atoms with Crippen molar-refractivity contribution in [1.29, 1.82) is 0 Å². The molecule has 0 saturated heterocycles. The molecular weight excluding hydrogens is 270 g/mol. The first-order chi connectivity index (χ1) is 10.1. The minimum atomic E-state index is -1.08. The Kier molecular flexibility index (Phi) is 3.06. The van der Waals surface area contributed by atoms with Crippen LogP contribution in [0.3, 0.4) is 0 Å². The lowest BCUT2D eigenvalue weighted by Crippen LogP contribution is -2.03. The van der Waals surface area contributed by atoms with Crippen LogP contribution in [0.2, 0.25) is 0 Å². The van der Waals surface area contributed by atoms with Gasteiger partial charge in [0, 0.05) is 11.6 Å². The number of benzene rings is 1. The highest BCUT2D eigenvalue weighted by molar-refractivity contribution is 6.02. The fraction of sp³-hybridized carbons (Fsp3) is 0.133. The number of ether oxygens (including phenoxy) is 1. The molecule has 21 heavy (non-hydrogen) atoms. The van der Waals surface area contributed by atoms with Gasteiger partial charge in [-0.2, -0.15) is 5.10 Å². The van der Waals surface area contributed by atoms with Gasteiger partial charge in [-0.25, -0.2) is 14.5 Å². The summed E-state index contributed by atoms with van der Waals surface area (Å²) in [6.07, 6.45) is 1.67. The van der Waals surface area contributed by atoms with E-state index < -0.39 is 5.97 Å². The number of aromatic carboxylic acids is 1. The first-order valence-corrected chi connectivity index (χ1v) is 6.33. The molecule has 3 aromatic rings. The number of carboxylic acids is 1. The summed E-state index contributed by atoms with van der Waals surface area (Å²) in [5.74, 6) is 0.0825. The monoisotopic (exact) mass is 283 g/mol. The number of carboxylic acid groups (broad SMARTS) is 1. The number of aromatic nitrogens is 3. The molecule has 0 aliphatic rings. The molecule has 0 aliphatic heterocycles. The number of rotatable bonds is 3. The van der Waals surface area contributed by atoms with Gasteiger partial charge in [0.25, 0.3) is 0 Å². The van der Waals surface area contributed by atoms with Gasteiger partial charge in [0.05, 0.1) is 12.6 Å². The van der Waals surface area contributed by atoms with Gasteiger partial charge in [-0.05, 0) is 42.8 Å². The smallest absolute Gasteiger partial charge is 0.357 e. The van der Waals surface area contributed by atoms with Gasteiger partial charge < -0.3 is 9.84 Å². The fourth-order valence-electron chi connectivity index (χ4n) is 2.19. The highest BCUT2D eigenvalue weighted by atomic mass is 16.5. The molecule has 6 nitrogen and oxygen atoms in total. The van der Waals surface area contributed by atoms with Crippen molar-refractivity contribution in [1.82, 2.24) is 14.8 Å². The maximum Gasteiger partial charge on any atom is 0.357 e. The van der Waals surface area contributed by atoms with Crippen molar-refractivity contribution in [2.45, 2.75) is 6.92 Å². The number of pyridine rings is 1. The number of methoxy groups -OCH3 is 1. The molecule has 106 valence electrons. The molecule has 0 atom stereocenters. The molecule has 0 fully saturated rings. The summed E-state index contributed by atoms with van der Waals surface area (Å²) in [6.45, 7) is 1.94. The Morgan fingerprint density at radius 2 is 2.10 bits per heavy atom. The first kappa shape index (κ1) is 13.1. The van der Waals surface area contributed by atoms with Crippen LogP contribution in [0.25, 0.3) is 16.7 Å². The number of fused-ring (bicyclic) bond motifs is 1. The summed E-state index contributed by atoms with van der Waals surface area (Å²) in [6, 6.07) is 8.93. The van der Waals surface area contributed by atoms with Crippen molar-refractivity contribution in [2.24, 2.45) is 0 Å². The van der Waals surface area contributed by atoms with Crippen molar-refractivity contribution in [3.63, 3.8) is 0 Å². The van der Waals surface area contributed by atoms with Gasteiger partial charge >= 0.3 is 5.97 Å². The van der Waals surface area contributed by atoms with E-state index in [1.165, 1.54) is 11.8 Å². The molecule has 1 N–H and O–H groups in total. The Morgan fingerprint density at radius 1 is 1.29 bits per heavy atom. The van der Waals surface area contributed by atoms with E-state index in [1.54, 1.807) is 24.4 Å². The molecule has 0 unspecified atom stereocenters. The molecule has 0 saturated carbocycles. The molecule has 1 aromatic carbocycles. The minimum Gasteiger partial charge on any atom is -0.497 e. The Balaban J connectivity index is 2.31. The lowest BCUT2D eigenvalue weighted by atomic mass is 10.2. The number of carbonyl (C=O) groups is 1. The summed E-state index contributed by atoms with van der Waals surface area (Å²) in [5, 5.41) is 14.0. The third kappa shape index (κ3) is 2.20. The van der Waals surface area contributed by atoms with E-state index in [9.17, 15) is 9.90 Å². The predicted molar refractivity (Wildman–Crippen MR) is 77.1 cm³/mol. The quantitative estimate of drug-likeness (QED) is 0.798. The molecule has 0 bridgehead atoms. The van der Waals surface area contributed by atoms with Crippen LogP contribution in [0.5, 0.6) is 5.75 Å². The van der Waals surface area contributed by atoms with Gasteiger partial charge in [0.15, 0.2) is 11.5 Å². The van der Waals surface area contributed by atoms with E-state index in [-0.39, 0.29) is 5.69 Å². The maximum absolute atomic E-state index is 11.4. The predicted octanol–water partition coefficient (Wildman–Crippen LogP) is 2.44. The van der Waals surface area contributed by atoms with Crippen LogP contribution < -0.4 is 4.74 Å². The minimum absolute atomic E-state index is 0.0211. The standard InChI is InChI=1S/C15H13N3O3/c1-9-5-6-16-13(7-9)18-12-4-3-10(21-2)8-11(12)14(17-18)15(19)20/h3-8H,1-2H3,(H,19,20). The van der Waals surface area contributed by atoms with E-state index in [4.69, 9.17) is 4.74 Å². The highest BCUT2D eigenvalue weighted by Crippen LogP contribution is 2.26. The third-order valence-electron chi connectivity index (χ3n) is 3.21. The second-order valence-electron chi connectivity index (χ2n) is 4.64. The largest absolute Gasteiger partial charge is 0.497 e. The molecule has 0 amide bonds. The van der Waals surface area contributed by atoms with Crippen molar-refractivity contribution in [3.8, 4) is 11.6 Å². The molecule has 0 aliphatic carbocycles. The van der Waals surface area contributed by atoms with Gasteiger partial charge in [-0.15, -0.1) is 0 Å². The lowest BCUT2D eigenvalue weighted by molar-refractivity contribution is 0.0692. The SMILES string of the molecule is COc1ccc2c(c1)c(C(=O)O)nn2-c1cc(C)ccn1. The van der Waals surface area contributed by atoms with Crippen molar-refractivity contribution in [3.05, 3.63) is 47.8 Å². The molecule has 2 aromatic heterocycles. The number of aryl methyl sites for hydroxylation is 1. The van der Waals surface area contributed by atoms with E-state index in [0.717, 1.165) is 5.56 Å². The molecular formula is C15H13N3O3. The molecule has 2 heterocycles. The Hall–Kier alpha value is -2.89. The Bertz CT molecular complexity index is 839. The zero-order valence-electron chi connectivity index (χ0n) is 11.6. The van der Waals surface area contributed by atoms with Crippen molar-refractivity contribution in [2.75, 3.05) is 7.11 Å². The lowest BCUT2D eigenvalue weighted by Gasteiger charge is -2.04. The summed E-state index contributed by atoms with van der Waals surface area (Å²) >= 11 is 0. The summed E-state index contributed by atoms with van der Waals surface area (Å²) in [7, 11) is 1.54. The molecule has 3 rings (SSSR count). The van der Waals surface area contributed by atoms with Gasteiger partial charge in [0.2, 0.25) is 0 Å². The normalized spacial score (nSPS) is 10.8. The van der Waals surface area contributed by atoms with Crippen LogP contribution >= 0.6 is 0 Å². The topological polar surface area (TPSA) is 77.2 Å². The molecule has 0 spiro atoms. The van der Waals surface area contributed by atoms with Gasteiger partial charge in [0.1, 0.15) is 5.75 Å². The maximum atomic E-state index is 11.4. The van der Waals surface area contributed by atoms with Crippen LogP contribution in [-0.4, -0.2) is 33.0 Å². The number of hydrogen-bond acceptors (Lipinski definition) is 4. The van der Waals surface area contributed by atoms with Crippen LogP contribution in [0.1, 0.15) is 16.1 Å². The highest BCUT2D eigenvalue weighted by Gasteiger charge is 2.18. The van der Waals surface area contributed by atoms with E-state index in [0.29, 0.717) is 22.5 Å². The van der Waals surface area contributed by atoms with Crippen LogP contribution in [0.4, 0.5) is 0 Å². The van der Waals surface area contributed by atoms with Gasteiger partial charge in [-0.3, -0.25) is 0 Å². The van der Waals surface area contributed by atoms with Crippen molar-refractivity contribution < 1.29 is 14.6 Å². The van der Waals surface area contributed by atoms with Crippen LogP contribution in [0.15, 0.2) is 36.5 Å². The summed E-state index contributed by atoms with van der Waals surface area (Å²) < 4.78 is 6.68. The average Bonchev–Trinajstić information content (AvgIpc) is 2.86. The number of nitrogens with zero attached hydrogens (tertiary/aromatic N) is 3. The summed E-state index contributed by atoms with van der Waals surface area (Å²) in [5.41, 5.74) is 1.67. The van der Waals surface area contributed by atoms with E-state index in [1.807, 2.05) is 19.1 Å². The van der Waals surface area contributed by atoms with E-state index in [2.05, 4.69) is 10.1 Å². The van der Waals surface area contributed by atoms with Crippen LogP contribution in [-0.2, 0) is 0 Å². The van der Waals surface area contributed by atoms with Gasteiger partial charge in [-0.1, -0.05) is 0 Å². The zero-order valence-corrected chi connectivity index (χ0v) is 11.6. The first-order valence-electron chi connectivity index (χ1n) is 6.33. The zero-order chi connectivity index (χ0) is 15.0. The summed E-state index contributed by atoms with van der Waals surface area (Å²) in [4.78, 5) is 15.6. The third-order valence-corrected chi connectivity index (χ3v) is 3.21. The second-order valence-corrected chi connectivity index (χ2v) is 4.64. The van der Waals surface area contributed by atoms with Crippen molar-refractivity contribution >= 4 is 16.9 Å². The fourth-order valence-corrected chi connectivity index (χ4v) is 2.19. The molecule has 0 radical (unpaired) electrons. The van der Waals surface area contributed by atoms with Crippen LogP contribution in [0, 0.1) is 6.92 Å².